The van der Waals surface area contributed by atoms with Crippen molar-refractivity contribution in [3.8, 4) is 0 Å². The fourth-order valence-corrected chi connectivity index (χ4v) is 8.00. The number of aromatic nitrogens is 4. The third kappa shape index (κ3) is 7.83. The van der Waals surface area contributed by atoms with Gasteiger partial charge in [-0.1, -0.05) is 45.6 Å². The molecule has 0 radical (unpaired) electrons. The van der Waals surface area contributed by atoms with Crippen molar-refractivity contribution in [2.24, 2.45) is 0 Å². The van der Waals surface area contributed by atoms with Gasteiger partial charge < -0.3 is 19.8 Å². The average Bonchev–Trinajstić information content (AvgIpc) is 3.80. The molecule has 0 fully saturated rings. The van der Waals surface area contributed by atoms with E-state index < -0.39 is 6.10 Å². The molecule has 7 heteroatoms. The Balaban J connectivity index is 1.53. The minimum atomic E-state index is -0.675. The van der Waals surface area contributed by atoms with E-state index in [1.165, 1.54) is 36.8 Å². The molecule has 268 valence electrons. The van der Waals surface area contributed by atoms with Crippen LogP contribution >= 0.6 is 0 Å². The Kier molecular flexibility index (Phi) is 12.2. The van der Waals surface area contributed by atoms with Crippen LogP contribution in [0, 0.1) is 27.7 Å². The number of hydrogen-bond donors (Lipinski definition) is 3. The van der Waals surface area contributed by atoms with E-state index in [-0.39, 0.29) is 17.8 Å². The minimum absolute atomic E-state index is 0.0483. The summed E-state index contributed by atoms with van der Waals surface area (Å²) < 4.78 is 5.70. The van der Waals surface area contributed by atoms with Crippen LogP contribution in [-0.2, 0) is 16.0 Å². The number of hydrogen-bond acceptors (Lipinski definition) is 5. The van der Waals surface area contributed by atoms with Crippen LogP contribution in [0.3, 0.4) is 0 Å². The summed E-state index contributed by atoms with van der Waals surface area (Å²) >= 11 is 0. The van der Waals surface area contributed by atoms with Crippen LogP contribution in [0.5, 0.6) is 0 Å². The van der Waals surface area contributed by atoms with Crippen LogP contribution in [0.2, 0.25) is 0 Å². The first-order valence-corrected chi connectivity index (χ1v) is 18.8. The molecule has 0 spiro atoms. The molecule has 0 amide bonds. The number of aliphatic hydroxyl groups excluding tert-OH is 1. The zero-order valence-electron chi connectivity index (χ0n) is 31.7. The maximum absolute atomic E-state index is 13.0. The molecule has 5 heterocycles. The molecule has 0 saturated heterocycles. The highest BCUT2D eigenvalue weighted by Crippen LogP contribution is 2.44. The van der Waals surface area contributed by atoms with Gasteiger partial charge in [-0.25, -0.2) is 4.98 Å². The van der Waals surface area contributed by atoms with Gasteiger partial charge in [-0.3, -0.25) is 9.78 Å². The highest BCUT2D eigenvalue weighted by Gasteiger charge is 2.33. The van der Waals surface area contributed by atoms with E-state index >= 15 is 0 Å². The number of nitrogens with zero attached hydrogens (tertiary/aromatic N) is 2. The first-order valence-electron chi connectivity index (χ1n) is 18.8. The van der Waals surface area contributed by atoms with Gasteiger partial charge in [0.2, 0.25) is 0 Å². The normalized spacial score (nSPS) is 16.6. The van der Waals surface area contributed by atoms with Crippen LogP contribution in [0.1, 0.15) is 148 Å². The number of carbonyl (C=O) groups excluding carboxylic acids is 1. The van der Waals surface area contributed by atoms with E-state index in [2.05, 4.69) is 83.2 Å². The van der Waals surface area contributed by atoms with Gasteiger partial charge in [0.15, 0.2) is 0 Å². The maximum Gasteiger partial charge on any atom is 0.305 e. The summed E-state index contributed by atoms with van der Waals surface area (Å²) in [5.41, 5.74) is 15.4. The lowest BCUT2D eigenvalue weighted by Crippen LogP contribution is -2.11. The van der Waals surface area contributed by atoms with E-state index in [1.807, 2.05) is 13.0 Å². The molecule has 1 unspecified atom stereocenters. The number of nitrogens with one attached hydrogen (secondary N) is 2. The first kappa shape index (κ1) is 37.3. The van der Waals surface area contributed by atoms with Crippen LogP contribution in [0.25, 0.3) is 33.2 Å². The van der Waals surface area contributed by atoms with Crippen LogP contribution < -0.4 is 0 Å². The van der Waals surface area contributed by atoms with Crippen molar-refractivity contribution in [2.45, 2.75) is 138 Å². The molecule has 3 atom stereocenters. The molecule has 3 aromatic rings. The van der Waals surface area contributed by atoms with Crippen molar-refractivity contribution in [2.75, 3.05) is 6.61 Å². The fraction of sp³-hybridized carbons (Fsp3) is 0.512. The summed E-state index contributed by atoms with van der Waals surface area (Å²) in [5.74, 6) is -0.0139. The zero-order chi connectivity index (χ0) is 36.1. The zero-order valence-corrected chi connectivity index (χ0v) is 31.7. The van der Waals surface area contributed by atoms with Gasteiger partial charge in [-0.15, -0.1) is 6.58 Å². The first-order chi connectivity index (χ1) is 24.0. The Morgan fingerprint density at radius 1 is 0.900 bits per heavy atom. The Labute approximate surface area is 298 Å². The number of unbranched alkanes of at least 4 members (excludes halogenated alkanes) is 6. The van der Waals surface area contributed by atoms with Crippen molar-refractivity contribution in [1.29, 1.82) is 0 Å². The lowest BCUT2D eigenvalue weighted by molar-refractivity contribution is -0.144. The molecule has 7 nitrogen and oxygen atoms in total. The summed E-state index contributed by atoms with van der Waals surface area (Å²) in [7, 11) is 0. The number of aryl methyl sites for hydroxylation is 4. The van der Waals surface area contributed by atoms with Crippen molar-refractivity contribution >= 4 is 39.2 Å². The summed E-state index contributed by atoms with van der Waals surface area (Å²) in [4.78, 5) is 30.9. The molecule has 2 aliphatic rings. The van der Waals surface area contributed by atoms with E-state index in [9.17, 15) is 9.90 Å². The molecule has 0 saturated carbocycles. The number of aromatic amines is 2. The largest absolute Gasteiger partial charge is 0.466 e. The average molecular weight is 679 g/mol. The maximum atomic E-state index is 13.0. The van der Waals surface area contributed by atoms with Gasteiger partial charge >= 0.3 is 5.97 Å². The second-order valence-corrected chi connectivity index (χ2v) is 14.5. The molecular formula is C43H58N4O3. The molecule has 0 aliphatic carbocycles. The second kappa shape index (κ2) is 16.4. The summed E-state index contributed by atoms with van der Waals surface area (Å²) in [6, 6.07) is 6.51. The monoisotopic (exact) mass is 678 g/mol. The summed E-state index contributed by atoms with van der Waals surface area (Å²) in [6.45, 7) is 21.1. The SMILES string of the molecule is C=CCCCCCCCCOC(=O)CC[C@@H]1c2nc(c(C)c3nc(cc4[nH]c(cc5[nH]c(cc5C)c2C)c(CC)c4C)C(C(C)O)=C3C)[C@H]1C. The van der Waals surface area contributed by atoms with Gasteiger partial charge in [0.1, 0.15) is 0 Å². The van der Waals surface area contributed by atoms with Crippen LogP contribution in [0.15, 0.2) is 30.9 Å². The third-order valence-corrected chi connectivity index (χ3v) is 11.0. The van der Waals surface area contributed by atoms with Crippen molar-refractivity contribution in [3.05, 3.63) is 81.4 Å². The quantitative estimate of drug-likeness (QED) is 0.0894. The second-order valence-electron chi connectivity index (χ2n) is 14.5. The smallest absolute Gasteiger partial charge is 0.305 e. The number of fused-ring (bicyclic) bond motifs is 8. The molecule has 3 aromatic heterocycles. The van der Waals surface area contributed by atoms with Gasteiger partial charge in [0, 0.05) is 57.3 Å². The highest BCUT2D eigenvalue weighted by atomic mass is 16.5. The van der Waals surface area contributed by atoms with Crippen LogP contribution in [0.4, 0.5) is 0 Å². The molecule has 0 aromatic carbocycles. The Bertz CT molecular complexity index is 1930. The van der Waals surface area contributed by atoms with Crippen LogP contribution in [-0.4, -0.2) is 43.7 Å². The van der Waals surface area contributed by atoms with E-state index in [4.69, 9.17) is 14.7 Å². The number of allylic oxidation sites excluding steroid dienone is 2. The third-order valence-electron chi connectivity index (χ3n) is 11.0. The fourth-order valence-electron chi connectivity index (χ4n) is 8.00. The standard InChI is InChI=1S/C43H58N4O3/c1-10-12-13-14-15-16-17-18-21-50-39(49)20-19-33-27(5)41-30(8)42-29(7)40(31(9)48)38(46-42)24-36-26(4)32(11-2)37(45-36)23-34-25(3)22-35(44-34)28(6)43(33)47-41/h10,22-24,27,31,33,44-45,48H,1,11-21H2,2-9H3/t27-,31?,33-/m0/s1. The number of carbonyl (C=O) groups is 1. The van der Waals surface area contributed by atoms with E-state index in [1.54, 1.807) is 0 Å². The number of esters is 1. The lowest BCUT2D eigenvalue weighted by Gasteiger charge is -2.18. The van der Waals surface area contributed by atoms with Crippen molar-refractivity contribution in [3.63, 3.8) is 0 Å². The number of rotatable bonds is 14. The molecule has 50 heavy (non-hydrogen) atoms. The van der Waals surface area contributed by atoms with E-state index in [0.717, 1.165) is 98.4 Å². The van der Waals surface area contributed by atoms with Crippen molar-refractivity contribution in [1.82, 2.24) is 19.9 Å². The number of ether oxygens (including phenoxy) is 1. The summed E-state index contributed by atoms with van der Waals surface area (Å²) in [6.07, 6.45) is 11.1. The van der Waals surface area contributed by atoms with E-state index in [0.29, 0.717) is 19.4 Å². The summed E-state index contributed by atoms with van der Waals surface area (Å²) in [5, 5.41) is 11.0. The van der Waals surface area contributed by atoms with Gasteiger partial charge in [-0.2, -0.15) is 0 Å². The molecule has 3 N–H and O–H groups in total. The Morgan fingerprint density at radius 2 is 1.58 bits per heavy atom. The molecule has 2 aliphatic heterocycles. The predicted molar refractivity (Wildman–Crippen MR) is 207 cm³/mol. The van der Waals surface area contributed by atoms with Gasteiger partial charge in [0.25, 0.3) is 0 Å². The topological polar surface area (TPSA) is 104 Å². The molecular weight excluding hydrogens is 620 g/mol. The molecule has 8 bridgehead atoms. The predicted octanol–water partition coefficient (Wildman–Crippen LogP) is 10.5. The highest BCUT2D eigenvalue weighted by molar-refractivity contribution is 5.94. The Hall–Kier alpha value is -3.97. The van der Waals surface area contributed by atoms with Gasteiger partial charge in [0.05, 0.1) is 24.1 Å². The minimum Gasteiger partial charge on any atom is -0.466 e. The Morgan fingerprint density at radius 3 is 2.28 bits per heavy atom. The van der Waals surface area contributed by atoms with Crippen molar-refractivity contribution < 1.29 is 14.6 Å². The number of H-pyrrole nitrogens is 2. The molecule has 5 rings (SSSR count). The van der Waals surface area contributed by atoms with Gasteiger partial charge in [-0.05, 0) is 125 Å². The lowest BCUT2D eigenvalue weighted by atomic mass is 9.84. The number of aliphatic hydroxyl groups is 1.